The molecular weight excluding hydrogens is 234 g/mol. The molecule has 0 unspecified atom stereocenters. The van der Waals surface area contributed by atoms with E-state index in [1.54, 1.807) is 11.3 Å². The summed E-state index contributed by atoms with van der Waals surface area (Å²) < 4.78 is 5.53. The minimum atomic E-state index is 0.330. The van der Waals surface area contributed by atoms with Crippen LogP contribution in [0.1, 0.15) is 24.6 Å². The third-order valence-corrected chi connectivity index (χ3v) is 4.32. The van der Waals surface area contributed by atoms with Gasteiger partial charge in [0.15, 0.2) is 5.13 Å². The standard InChI is InChI=1S/C12H19N3OS/c1-15-4-5-16-7-11(15)10-8-17-12(14-10)13-6-9-2-3-9/h8-9,11H,2-7H2,1H3,(H,13,14)/t11-/m0/s1. The Morgan fingerprint density at radius 1 is 1.59 bits per heavy atom. The summed E-state index contributed by atoms with van der Waals surface area (Å²) >= 11 is 1.71. The van der Waals surface area contributed by atoms with E-state index in [1.807, 2.05) is 0 Å². The van der Waals surface area contributed by atoms with E-state index in [9.17, 15) is 0 Å². The maximum absolute atomic E-state index is 5.53. The summed E-state index contributed by atoms with van der Waals surface area (Å²) in [5.41, 5.74) is 1.15. The van der Waals surface area contributed by atoms with Crippen LogP contribution in [0.3, 0.4) is 0 Å². The number of ether oxygens (including phenoxy) is 1. The van der Waals surface area contributed by atoms with Crippen LogP contribution >= 0.6 is 11.3 Å². The number of rotatable bonds is 4. The summed E-state index contributed by atoms with van der Waals surface area (Å²) in [6, 6.07) is 0.330. The van der Waals surface area contributed by atoms with Gasteiger partial charge in [0.2, 0.25) is 0 Å². The van der Waals surface area contributed by atoms with E-state index in [1.165, 1.54) is 12.8 Å². The lowest BCUT2D eigenvalue weighted by Gasteiger charge is -2.31. The van der Waals surface area contributed by atoms with Crippen molar-refractivity contribution in [2.24, 2.45) is 5.92 Å². The van der Waals surface area contributed by atoms with E-state index in [-0.39, 0.29) is 0 Å². The first-order valence-electron chi connectivity index (χ1n) is 6.30. The Balaban J connectivity index is 1.61. The molecule has 94 valence electrons. The van der Waals surface area contributed by atoms with Crippen LogP contribution in [0.15, 0.2) is 5.38 Å². The van der Waals surface area contributed by atoms with E-state index < -0.39 is 0 Å². The summed E-state index contributed by atoms with van der Waals surface area (Å²) in [7, 11) is 2.14. The van der Waals surface area contributed by atoms with Gasteiger partial charge in [0.1, 0.15) is 0 Å². The molecule has 1 atom stereocenters. The van der Waals surface area contributed by atoms with Crippen molar-refractivity contribution in [2.45, 2.75) is 18.9 Å². The highest BCUT2D eigenvalue weighted by Crippen LogP contribution is 2.30. The number of nitrogens with one attached hydrogen (secondary N) is 1. The smallest absolute Gasteiger partial charge is 0.182 e. The summed E-state index contributed by atoms with van der Waals surface area (Å²) in [5, 5.41) is 6.65. The highest BCUT2D eigenvalue weighted by Gasteiger charge is 2.24. The number of hydrogen-bond donors (Lipinski definition) is 1. The van der Waals surface area contributed by atoms with Crippen molar-refractivity contribution in [2.75, 3.05) is 38.7 Å². The molecule has 0 spiro atoms. The molecule has 1 N–H and O–H groups in total. The van der Waals surface area contributed by atoms with Crippen molar-refractivity contribution in [3.63, 3.8) is 0 Å². The monoisotopic (exact) mass is 253 g/mol. The lowest BCUT2D eigenvalue weighted by Crippen LogP contribution is -2.36. The second-order valence-corrected chi connectivity index (χ2v) is 5.83. The fourth-order valence-corrected chi connectivity index (χ4v) is 2.84. The van der Waals surface area contributed by atoms with Crippen molar-refractivity contribution in [1.82, 2.24) is 9.88 Å². The van der Waals surface area contributed by atoms with Gasteiger partial charge >= 0.3 is 0 Å². The summed E-state index contributed by atoms with van der Waals surface area (Å²) in [6.45, 7) is 3.68. The van der Waals surface area contributed by atoms with Crippen LogP contribution < -0.4 is 5.32 Å². The minimum Gasteiger partial charge on any atom is -0.378 e. The Hall–Kier alpha value is -0.650. The van der Waals surface area contributed by atoms with E-state index in [0.717, 1.165) is 43.0 Å². The SMILES string of the molecule is CN1CCOC[C@H]1c1csc(NCC2CC2)n1. The topological polar surface area (TPSA) is 37.4 Å². The molecule has 1 aromatic rings. The number of likely N-dealkylation sites (N-methyl/N-ethyl adjacent to an activating group) is 1. The van der Waals surface area contributed by atoms with Gasteiger partial charge in [-0.15, -0.1) is 11.3 Å². The molecule has 1 saturated carbocycles. The Morgan fingerprint density at radius 3 is 3.24 bits per heavy atom. The molecule has 1 saturated heterocycles. The van der Waals surface area contributed by atoms with Crippen molar-refractivity contribution in [1.29, 1.82) is 0 Å². The van der Waals surface area contributed by atoms with Gasteiger partial charge < -0.3 is 10.1 Å². The molecule has 3 rings (SSSR count). The van der Waals surface area contributed by atoms with E-state index in [4.69, 9.17) is 4.74 Å². The number of thiazole rings is 1. The molecule has 2 aliphatic rings. The van der Waals surface area contributed by atoms with Crippen LogP contribution in [-0.4, -0.2) is 43.2 Å². The predicted molar refractivity (Wildman–Crippen MR) is 69.5 cm³/mol. The number of anilines is 1. The summed E-state index contributed by atoms with van der Waals surface area (Å²) in [6.07, 6.45) is 2.76. The zero-order chi connectivity index (χ0) is 11.7. The lowest BCUT2D eigenvalue weighted by molar-refractivity contribution is 0.00377. The number of aromatic nitrogens is 1. The number of morpholine rings is 1. The Morgan fingerprint density at radius 2 is 2.47 bits per heavy atom. The highest BCUT2D eigenvalue weighted by molar-refractivity contribution is 7.13. The Bertz CT molecular complexity index is 378. The van der Waals surface area contributed by atoms with Crippen LogP contribution in [-0.2, 0) is 4.74 Å². The van der Waals surface area contributed by atoms with Crippen LogP contribution in [0.4, 0.5) is 5.13 Å². The molecule has 1 aliphatic heterocycles. The van der Waals surface area contributed by atoms with Gasteiger partial charge in [-0.2, -0.15) is 0 Å². The third kappa shape index (κ3) is 2.78. The molecule has 4 nitrogen and oxygen atoms in total. The third-order valence-electron chi connectivity index (χ3n) is 3.50. The van der Waals surface area contributed by atoms with E-state index in [2.05, 4.69) is 27.6 Å². The first-order valence-corrected chi connectivity index (χ1v) is 7.18. The molecule has 0 bridgehead atoms. The largest absolute Gasteiger partial charge is 0.378 e. The average molecular weight is 253 g/mol. The number of nitrogens with zero attached hydrogens (tertiary/aromatic N) is 2. The molecular formula is C12H19N3OS. The van der Waals surface area contributed by atoms with Gasteiger partial charge in [-0.3, -0.25) is 4.90 Å². The molecule has 2 heterocycles. The zero-order valence-electron chi connectivity index (χ0n) is 10.2. The predicted octanol–water partition coefficient (Wildman–Crippen LogP) is 1.97. The van der Waals surface area contributed by atoms with Crippen molar-refractivity contribution in [3.05, 3.63) is 11.1 Å². The van der Waals surface area contributed by atoms with Crippen LogP contribution in [0.5, 0.6) is 0 Å². The van der Waals surface area contributed by atoms with Crippen molar-refractivity contribution < 1.29 is 4.74 Å². The zero-order valence-corrected chi connectivity index (χ0v) is 11.0. The van der Waals surface area contributed by atoms with Gasteiger partial charge in [0.25, 0.3) is 0 Å². The molecule has 0 radical (unpaired) electrons. The van der Waals surface area contributed by atoms with E-state index in [0.29, 0.717) is 6.04 Å². The fourth-order valence-electron chi connectivity index (χ4n) is 2.07. The molecule has 17 heavy (non-hydrogen) atoms. The summed E-state index contributed by atoms with van der Waals surface area (Å²) in [4.78, 5) is 6.99. The molecule has 0 amide bonds. The second-order valence-electron chi connectivity index (χ2n) is 4.97. The van der Waals surface area contributed by atoms with Gasteiger partial charge in [-0.05, 0) is 25.8 Å². The Labute approximate surface area is 106 Å². The van der Waals surface area contributed by atoms with Gasteiger partial charge in [-0.25, -0.2) is 4.98 Å². The fraction of sp³-hybridized carbons (Fsp3) is 0.750. The summed E-state index contributed by atoms with van der Waals surface area (Å²) in [5.74, 6) is 0.892. The first-order chi connectivity index (χ1) is 8.33. The maximum Gasteiger partial charge on any atom is 0.182 e. The second kappa shape index (κ2) is 4.92. The van der Waals surface area contributed by atoms with Crippen molar-refractivity contribution >= 4 is 16.5 Å². The van der Waals surface area contributed by atoms with Crippen LogP contribution in [0.2, 0.25) is 0 Å². The van der Waals surface area contributed by atoms with Crippen LogP contribution in [0.25, 0.3) is 0 Å². The minimum absolute atomic E-state index is 0.330. The molecule has 1 aliphatic carbocycles. The molecule has 0 aromatic carbocycles. The average Bonchev–Trinajstić information content (AvgIpc) is 3.06. The van der Waals surface area contributed by atoms with Gasteiger partial charge in [0.05, 0.1) is 24.9 Å². The molecule has 5 heteroatoms. The molecule has 1 aromatic heterocycles. The molecule has 2 fully saturated rings. The Kier molecular flexibility index (Phi) is 3.31. The van der Waals surface area contributed by atoms with Crippen LogP contribution in [0, 0.1) is 5.92 Å². The quantitative estimate of drug-likeness (QED) is 0.890. The number of hydrogen-bond acceptors (Lipinski definition) is 5. The van der Waals surface area contributed by atoms with Gasteiger partial charge in [0, 0.05) is 18.5 Å². The van der Waals surface area contributed by atoms with Gasteiger partial charge in [-0.1, -0.05) is 0 Å². The van der Waals surface area contributed by atoms with Crippen molar-refractivity contribution in [3.8, 4) is 0 Å². The first kappa shape index (κ1) is 11.4. The highest BCUT2D eigenvalue weighted by atomic mass is 32.1. The lowest BCUT2D eigenvalue weighted by atomic mass is 10.2. The normalized spacial score (nSPS) is 26.1. The maximum atomic E-state index is 5.53. The van der Waals surface area contributed by atoms with E-state index >= 15 is 0 Å².